The molecule has 2 aromatic carbocycles. The van der Waals surface area contributed by atoms with Crippen LogP contribution >= 0.6 is 69.6 Å². The summed E-state index contributed by atoms with van der Waals surface area (Å²) in [4.78, 5) is 0. The number of hydrogen-bond acceptors (Lipinski definition) is 1. The Morgan fingerprint density at radius 1 is 0.560 bits per heavy atom. The van der Waals surface area contributed by atoms with Crippen LogP contribution in [0.4, 0.5) is 0 Å². The first-order chi connectivity index (χ1) is 11.9. The van der Waals surface area contributed by atoms with Gasteiger partial charge in [0, 0.05) is 11.1 Å². The minimum Gasteiger partial charge on any atom is -0.356 e. The molecule has 0 spiro atoms. The summed E-state index contributed by atoms with van der Waals surface area (Å²) in [6.07, 6.45) is 0. The molecular formula is C18H8Cl6O. The summed E-state index contributed by atoms with van der Waals surface area (Å²) in [5, 5.41) is 2.39. The highest BCUT2D eigenvalue weighted by Crippen LogP contribution is 2.29. The zero-order valence-electron chi connectivity index (χ0n) is 12.4. The van der Waals surface area contributed by atoms with Crippen molar-refractivity contribution in [2.24, 2.45) is 0 Å². The quantitative estimate of drug-likeness (QED) is 0.270. The second-order valence-electron chi connectivity index (χ2n) is 4.59. The highest BCUT2D eigenvalue weighted by molar-refractivity contribution is 6.44. The fourth-order valence-corrected chi connectivity index (χ4v) is 2.84. The Morgan fingerprint density at radius 2 is 0.920 bits per heavy atom. The second-order valence-corrected chi connectivity index (χ2v) is 7.03. The van der Waals surface area contributed by atoms with E-state index in [1.54, 1.807) is 24.3 Å². The van der Waals surface area contributed by atoms with Gasteiger partial charge in [-0.25, -0.2) is 0 Å². The minimum atomic E-state index is 0.181. The fraction of sp³-hybridized carbons (Fsp3) is 0.111. The Hall–Kier alpha value is -0.740. The molecule has 1 nitrogen and oxygen atoms in total. The van der Waals surface area contributed by atoms with Gasteiger partial charge in [0.1, 0.15) is 13.2 Å². The largest absolute Gasteiger partial charge is 0.356 e. The van der Waals surface area contributed by atoms with Crippen molar-refractivity contribution in [3.8, 4) is 23.7 Å². The molecule has 0 aliphatic rings. The first kappa shape index (κ1) is 20.6. The van der Waals surface area contributed by atoms with E-state index < -0.39 is 0 Å². The van der Waals surface area contributed by atoms with Crippen LogP contribution in [-0.2, 0) is 4.74 Å². The van der Waals surface area contributed by atoms with E-state index in [4.69, 9.17) is 74.3 Å². The van der Waals surface area contributed by atoms with Crippen LogP contribution in [0.5, 0.6) is 0 Å². The lowest BCUT2D eigenvalue weighted by molar-refractivity contribution is 0.204. The van der Waals surface area contributed by atoms with Gasteiger partial charge in [0.15, 0.2) is 0 Å². The van der Waals surface area contributed by atoms with Gasteiger partial charge in [-0.2, -0.15) is 0 Å². The number of rotatable bonds is 2. The van der Waals surface area contributed by atoms with Gasteiger partial charge in [0.2, 0.25) is 0 Å². The first-order valence-electron chi connectivity index (χ1n) is 6.73. The highest BCUT2D eigenvalue weighted by Gasteiger charge is 2.04. The normalized spacial score (nSPS) is 9.84. The molecule has 25 heavy (non-hydrogen) atoms. The molecule has 0 fully saturated rings. The summed E-state index contributed by atoms with van der Waals surface area (Å²) in [6, 6.07) is 6.29. The van der Waals surface area contributed by atoms with Crippen LogP contribution in [0.2, 0.25) is 30.1 Å². The van der Waals surface area contributed by atoms with Crippen molar-refractivity contribution in [1.82, 2.24) is 0 Å². The third-order valence-corrected chi connectivity index (χ3v) is 4.88. The highest BCUT2D eigenvalue weighted by atomic mass is 35.5. The predicted molar refractivity (Wildman–Crippen MR) is 108 cm³/mol. The van der Waals surface area contributed by atoms with E-state index in [1.165, 1.54) is 0 Å². The van der Waals surface area contributed by atoms with E-state index in [0.29, 0.717) is 41.3 Å². The molecular weight excluding hydrogens is 445 g/mol. The maximum absolute atomic E-state index is 6.03. The van der Waals surface area contributed by atoms with E-state index in [-0.39, 0.29) is 13.2 Å². The van der Waals surface area contributed by atoms with Crippen LogP contribution in [0.3, 0.4) is 0 Å². The van der Waals surface area contributed by atoms with Gasteiger partial charge in [-0.05, 0) is 24.3 Å². The molecule has 0 heterocycles. The van der Waals surface area contributed by atoms with Crippen molar-refractivity contribution < 1.29 is 4.74 Å². The summed E-state index contributed by atoms with van der Waals surface area (Å²) in [5.74, 6) is 11.4. The lowest BCUT2D eigenvalue weighted by atomic mass is 10.2. The van der Waals surface area contributed by atoms with Crippen molar-refractivity contribution in [3.05, 3.63) is 65.5 Å². The summed E-state index contributed by atoms with van der Waals surface area (Å²) >= 11 is 35.6. The SMILES string of the molecule is Clc1cc(Cl)c(C#CCOCC#Cc2cc(Cl)c(Cl)cc2Cl)cc1Cl. The summed E-state index contributed by atoms with van der Waals surface area (Å²) in [5.41, 5.74) is 1.15. The molecule has 0 amide bonds. The van der Waals surface area contributed by atoms with Crippen LogP contribution < -0.4 is 0 Å². The summed E-state index contributed by atoms with van der Waals surface area (Å²) in [7, 11) is 0. The van der Waals surface area contributed by atoms with Crippen molar-refractivity contribution in [2.75, 3.05) is 13.2 Å². The smallest absolute Gasteiger partial charge is 0.109 e. The lowest BCUT2D eigenvalue weighted by Gasteiger charge is -2.00. The molecule has 7 heteroatoms. The van der Waals surface area contributed by atoms with Crippen molar-refractivity contribution in [3.63, 3.8) is 0 Å². The minimum absolute atomic E-state index is 0.181. The molecule has 0 saturated carbocycles. The van der Waals surface area contributed by atoms with Gasteiger partial charge in [-0.3, -0.25) is 0 Å². The second kappa shape index (κ2) is 9.82. The molecule has 2 aromatic rings. The van der Waals surface area contributed by atoms with Gasteiger partial charge in [-0.1, -0.05) is 93.3 Å². The van der Waals surface area contributed by atoms with E-state index >= 15 is 0 Å². The van der Waals surface area contributed by atoms with E-state index in [2.05, 4.69) is 23.7 Å². The number of halogens is 6. The third-order valence-electron chi connectivity index (χ3n) is 2.81. The summed E-state index contributed by atoms with van der Waals surface area (Å²) < 4.78 is 5.31. The van der Waals surface area contributed by atoms with Crippen molar-refractivity contribution in [1.29, 1.82) is 0 Å². The van der Waals surface area contributed by atoms with Crippen molar-refractivity contribution in [2.45, 2.75) is 0 Å². The first-order valence-corrected chi connectivity index (χ1v) is 9.00. The Balaban J connectivity index is 1.90. The molecule has 0 unspecified atom stereocenters. The number of benzene rings is 2. The van der Waals surface area contributed by atoms with Crippen LogP contribution in [0, 0.1) is 23.7 Å². The van der Waals surface area contributed by atoms with Gasteiger partial charge in [-0.15, -0.1) is 0 Å². The van der Waals surface area contributed by atoms with Crippen LogP contribution in [0.1, 0.15) is 11.1 Å². The Labute approximate surface area is 176 Å². The molecule has 2 rings (SSSR count). The van der Waals surface area contributed by atoms with E-state index in [1.807, 2.05) is 0 Å². The van der Waals surface area contributed by atoms with Crippen LogP contribution in [0.15, 0.2) is 24.3 Å². The third kappa shape index (κ3) is 6.18. The van der Waals surface area contributed by atoms with Gasteiger partial charge in [0.25, 0.3) is 0 Å². The summed E-state index contributed by atoms with van der Waals surface area (Å²) in [6.45, 7) is 0.362. The molecule has 0 aliphatic heterocycles. The maximum atomic E-state index is 6.03. The maximum Gasteiger partial charge on any atom is 0.109 e. The zero-order valence-corrected chi connectivity index (χ0v) is 16.9. The Bertz CT molecular complexity index is 840. The number of hydrogen-bond donors (Lipinski definition) is 0. The molecule has 0 N–H and O–H groups in total. The average molecular weight is 453 g/mol. The average Bonchev–Trinajstić information content (AvgIpc) is 2.55. The monoisotopic (exact) mass is 450 g/mol. The van der Waals surface area contributed by atoms with Gasteiger partial charge >= 0.3 is 0 Å². The lowest BCUT2D eigenvalue weighted by Crippen LogP contribution is -1.92. The molecule has 0 bridgehead atoms. The van der Waals surface area contributed by atoms with Crippen LogP contribution in [0.25, 0.3) is 0 Å². The predicted octanol–water partition coefficient (Wildman–Crippen LogP) is 7.03. The van der Waals surface area contributed by atoms with Gasteiger partial charge < -0.3 is 4.74 Å². The standard InChI is InChI=1S/C18H8Cl6O/c19-13-9-17(23)15(21)7-11(13)3-1-5-25-6-2-4-12-8-16(22)18(24)10-14(12)20/h7-10H,5-6H2. The molecule has 0 radical (unpaired) electrons. The molecule has 128 valence electrons. The molecule has 0 atom stereocenters. The van der Waals surface area contributed by atoms with Gasteiger partial charge in [0.05, 0.1) is 30.1 Å². The molecule has 0 saturated heterocycles. The van der Waals surface area contributed by atoms with E-state index in [0.717, 1.165) is 0 Å². The zero-order chi connectivity index (χ0) is 18.4. The van der Waals surface area contributed by atoms with Crippen LogP contribution in [-0.4, -0.2) is 13.2 Å². The number of ether oxygens (including phenoxy) is 1. The Kier molecular flexibility index (Phi) is 8.08. The fourth-order valence-electron chi connectivity index (χ4n) is 1.65. The van der Waals surface area contributed by atoms with Crippen molar-refractivity contribution >= 4 is 69.6 Å². The van der Waals surface area contributed by atoms with E-state index in [9.17, 15) is 0 Å². The molecule has 0 aliphatic carbocycles. The molecule has 0 aromatic heterocycles. The Morgan fingerprint density at radius 3 is 1.32 bits per heavy atom. The topological polar surface area (TPSA) is 9.23 Å².